The van der Waals surface area contributed by atoms with Crippen molar-refractivity contribution in [1.82, 2.24) is 9.97 Å². The first kappa shape index (κ1) is 20.7. The third-order valence-corrected chi connectivity index (χ3v) is 10.5. The average molecular weight is 397 g/mol. The Morgan fingerprint density at radius 3 is 2.68 bits per heavy atom. The molecule has 2 aromatic rings. The molecular weight excluding hydrogens is 364 g/mol. The molecule has 0 radical (unpaired) electrons. The van der Waals surface area contributed by atoms with E-state index < -0.39 is 8.32 Å². The molecule has 1 aliphatic rings. The van der Waals surface area contributed by atoms with Gasteiger partial charge in [-0.1, -0.05) is 32.9 Å². The van der Waals surface area contributed by atoms with E-state index in [1.54, 1.807) is 12.4 Å². The standard InChI is InChI=1S/C22H32N4OSi/c1-22(2,3)28(4,5)27-11-10-16-12-20(16)24-14-17(13-23)21-15-25-18-8-6-7-9-19(18)26-21/h6-9,13-16,20H,10-12,23H2,1-5H3. The van der Waals surface area contributed by atoms with Crippen molar-refractivity contribution in [3.8, 4) is 0 Å². The third kappa shape index (κ3) is 4.86. The van der Waals surface area contributed by atoms with E-state index in [1.165, 1.54) is 0 Å². The Kier molecular flexibility index (Phi) is 6.00. The lowest BCUT2D eigenvalue weighted by Gasteiger charge is -2.36. The summed E-state index contributed by atoms with van der Waals surface area (Å²) in [6.07, 6.45) is 7.35. The highest BCUT2D eigenvalue weighted by Crippen LogP contribution is 2.39. The first-order valence-electron chi connectivity index (χ1n) is 10.0. The van der Waals surface area contributed by atoms with Gasteiger partial charge in [0.05, 0.1) is 29.0 Å². The van der Waals surface area contributed by atoms with Crippen LogP contribution in [0, 0.1) is 5.92 Å². The summed E-state index contributed by atoms with van der Waals surface area (Å²) < 4.78 is 6.29. The molecule has 1 saturated carbocycles. The van der Waals surface area contributed by atoms with Crippen LogP contribution in [0.4, 0.5) is 0 Å². The summed E-state index contributed by atoms with van der Waals surface area (Å²) >= 11 is 0. The minimum Gasteiger partial charge on any atom is -0.417 e. The van der Waals surface area contributed by atoms with Gasteiger partial charge in [0.2, 0.25) is 0 Å². The molecule has 0 saturated heterocycles. The smallest absolute Gasteiger partial charge is 0.191 e. The summed E-state index contributed by atoms with van der Waals surface area (Å²) in [6, 6.07) is 8.19. The van der Waals surface area contributed by atoms with Crippen LogP contribution < -0.4 is 5.73 Å². The molecule has 0 spiro atoms. The quantitative estimate of drug-likeness (QED) is 0.539. The summed E-state index contributed by atoms with van der Waals surface area (Å²) in [5, 5.41) is 0.260. The Labute approximate surface area is 169 Å². The van der Waals surface area contributed by atoms with Crippen LogP contribution in [0.15, 0.2) is 41.7 Å². The molecule has 1 fully saturated rings. The fourth-order valence-electron chi connectivity index (χ4n) is 2.87. The second-order valence-electron chi connectivity index (χ2n) is 9.10. The Balaban J connectivity index is 1.54. The van der Waals surface area contributed by atoms with E-state index in [0.29, 0.717) is 12.0 Å². The maximum Gasteiger partial charge on any atom is 0.191 e. The van der Waals surface area contributed by atoms with Crippen molar-refractivity contribution in [3.05, 3.63) is 42.4 Å². The SMILES string of the molecule is CC(C)(C)[Si](C)(C)OCCC1CC1N=CC(=CN)c1cnc2ccccc2n1. The number of benzene rings is 1. The molecular formula is C22H32N4OSi. The number of nitrogens with two attached hydrogens (primary N) is 1. The van der Waals surface area contributed by atoms with Crippen molar-refractivity contribution < 1.29 is 4.43 Å². The Hall–Kier alpha value is -2.05. The largest absolute Gasteiger partial charge is 0.417 e. The number of allylic oxidation sites excluding steroid dienone is 1. The van der Waals surface area contributed by atoms with Crippen molar-refractivity contribution in [2.45, 2.75) is 57.8 Å². The first-order chi connectivity index (χ1) is 13.2. The molecule has 2 atom stereocenters. The number of nitrogens with zero attached hydrogens (tertiary/aromatic N) is 3. The zero-order valence-corrected chi connectivity index (χ0v) is 18.6. The Bertz CT molecular complexity index is 885. The fourth-order valence-corrected chi connectivity index (χ4v) is 3.93. The van der Waals surface area contributed by atoms with Gasteiger partial charge in [0.15, 0.2) is 8.32 Å². The van der Waals surface area contributed by atoms with Gasteiger partial charge in [0.1, 0.15) is 0 Å². The molecule has 1 aromatic carbocycles. The second kappa shape index (κ2) is 8.13. The molecule has 6 heteroatoms. The topological polar surface area (TPSA) is 73.4 Å². The van der Waals surface area contributed by atoms with Gasteiger partial charge in [-0.05, 0) is 49.0 Å². The number of rotatable bonds is 7. The predicted octanol–water partition coefficient (Wildman–Crippen LogP) is 4.80. The van der Waals surface area contributed by atoms with E-state index in [-0.39, 0.29) is 5.04 Å². The Morgan fingerprint density at radius 1 is 1.29 bits per heavy atom. The van der Waals surface area contributed by atoms with Crippen molar-refractivity contribution in [2.75, 3.05) is 6.61 Å². The monoisotopic (exact) mass is 396 g/mol. The maximum absolute atomic E-state index is 6.29. The summed E-state index contributed by atoms with van der Waals surface area (Å²) in [5.41, 5.74) is 9.12. The van der Waals surface area contributed by atoms with E-state index in [9.17, 15) is 0 Å². The minimum atomic E-state index is -1.65. The van der Waals surface area contributed by atoms with Crippen LogP contribution in [0.2, 0.25) is 18.1 Å². The van der Waals surface area contributed by atoms with Gasteiger partial charge < -0.3 is 10.2 Å². The number of hydrogen-bond acceptors (Lipinski definition) is 5. The van der Waals surface area contributed by atoms with Gasteiger partial charge in [0, 0.05) is 24.6 Å². The van der Waals surface area contributed by atoms with Crippen LogP contribution in [0.5, 0.6) is 0 Å². The van der Waals surface area contributed by atoms with Crippen molar-refractivity contribution in [1.29, 1.82) is 0 Å². The van der Waals surface area contributed by atoms with Gasteiger partial charge in [-0.2, -0.15) is 0 Å². The lowest BCUT2D eigenvalue weighted by molar-refractivity contribution is 0.274. The molecule has 5 nitrogen and oxygen atoms in total. The van der Waals surface area contributed by atoms with E-state index in [1.807, 2.05) is 30.5 Å². The first-order valence-corrected chi connectivity index (χ1v) is 12.9. The third-order valence-electron chi connectivity index (χ3n) is 5.97. The zero-order valence-electron chi connectivity index (χ0n) is 17.6. The highest BCUT2D eigenvalue weighted by Gasteiger charge is 2.39. The van der Waals surface area contributed by atoms with Crippen LogP contribution in [0.25, 0.3) is 16.6 Å². The van der Waals surface area contributed by atoms with Gasteiger partial charge in [-0.3, -0.25) is 9.98 Å². The lowest BCUT2D eigenvalue weighted by Crippen LogP contribution is -2.41. The van der Waals surface area contributed by atoms with Crippen LogP contribution >= 0.6 is 0 Å². The molecule has 0 bridgehead atoms. The van der Waals surface area contributed by atoms with E-state index in [4.69, 9.17) is 15.2 Å². The van der Waals surface area contributed by atoms with E-state index in [0.717, 1.165) is 41.7 Å². The molecule has 0 amide bonds. The summed E-state index contributed by atoms with van der Waals surface area (Å²) in [6.45, 7) is 12.3. The van der Waals surface area contributed by atoms with E-state index in [2.05, 4.69) is 43.8 Å². The summed E-state index contributed by atoms with van der Waals surface area (Å²) in [5.74, 6) is 0.614. The molecule has 150 valence electrons. The predicted molar refractivity (Wildman–Crippen MR) is 120 cm³/mol. The molecule has 0 aliphatic heterocycles. The average Bonchev–Trinajstić information content (AvgIpc) is 3.39. The number of hydrogen-bond donors (Lipinski definition) is 1. The zero-order chi connectivity index (χ0) is 20.4. The molecule has 1 heterocycles. The van der Waals surface area contributed by atoms with Crippen LogP contribution in [0.3, 0.4) is 0 Å². The van der Waals surface area contributed by atoms with Gasteiger partial charge >= 0.3 is 0 Å². The number of para-hydroxylation sites is 2. The van der Waals surface area contributed by atoms with E-state index >= 15 is 0 Å². The van der Waals surface area contributed by atoms with Crippen LogP contribution in [-0.2, 0) is 4.43 Å². The van der Waals surface area contributed by atoms with Crippen molar-refractivity contribution in [3.63, 3.8) is 0 Å². The lowest BCUT2D eigenvalue weighted by atomic mass is 10.2. The fraction of sp³-hybridized carbons (Fsp3) is 0.500. The molecule has 1 aliphatic carbocycles. The molecule has 2 N–H and O–H groups in total. The van der Waals surface area contributed by atoms with Crippen molar-refractivity contribution >= 4 is 31.1 Å². The molecule has 1 aromatic heterocycles. The van der Waals surface area contributed by atoms with Gasteiger partial charge in [-0.25, -0.2) is 4.98 Å². The van der Waals surface area contributed by atoms with Crippen LogP contribution in [0.1, 0.15) is 39.3 Å². The van der Waals surface area contributed by atoms with Crippen molar-refractivity contribution in [2.24, 2.45) is 16.6 Å². The molecule has 28 heavy (non-hydrogen) atoms. The normalized spacial score (nSPS) is 20.8. The number of aromatic nitrogens is 2. The van der Waals surface area contributed by atoms with Gasteiger partial charge in [-0.15, -0.1) is 0 Å². The highest BCUT2D eigenvalue weighted by molar-refractivity contribution is 6.74. The molecule has 2 unspecified atom stereocenters. The minimum absolute atomic E-state index is 0.260. The Morgan fingerprint density at radius 2 is 2.00 bits per heavy atom. The van der Waals surface area contributed by atoms with Gasteiger partial charge in [0.25, 0.3) is 0 Å². The highest BCUT2D eigenvalue weighted by atomic mass is 28.4. The summed E-state index contributed by atoms with van der Waals surface area (Å²) in [7, 11) is -1.65. The van der Waals surface area contributed by atoms with Crippen LogP contribution in [-0.4, -0.2) is 37.1 Å². The second-order valence-corrected chi connectivity index (χ2v) is 13.9. The number of aliphatic imine (C=N–C) groups is 1. The molecule has 3 rings (SSSR count). The maximum atomic E-state index is 6.29. The number of fused-ring (bicyclic) bond motifs is 1. The summed E-state index contributed by atoms with van der Waals surface area (Å²) in [4.78, 5) is 13.8.